The van der Waals surface area contributed by atoms with Crippen LogP contribution in [0.2, 0.25) is 0 Å². The number of hydrogen-bond donors (Lipinski definition) is 1. The highest BCUT2D eigenvalue weighted by atomic mass is 16.3. The SMILES string of the molecule is C#CC(C)(O)C(=C)C.Cc1ccccc1. The van der Waals surface area contributed by atoms with Crippen LogP contribution in [-0.2, 0) is 0 Å². The normalized spacial score (nSPS) is 12.7. The molecule has 0 spiro atoms. The lowest BCUT2D eigenvalue weighted by molar-refractivity contribution is 0.162. The topological polar surface area (TPSA) is 20.2 Å². The molecule has 1 heteroatoms. The van der Waals surface area contributed by atoms with Crippen LogP contribution in [0.3, 0.4) is 0 Å². The monoisotopic (exact) mass is 202 g/mol. The van der Waals surface area contributed by atoms with Crippen LogP contribution in [0.1, 0.15) is 19.4 Å². The molecule has 1 aromatic rings. The molecule has 15 heavy (non-hydrogen) atoms. The molecule has 80 valence electrons. The van der Waals surface area contributed by atoms with Crippen molar-refractivity contribution in [2.45, 2.75) is 26.4 Å². The van der Waals surface area contributed by atoms with Crippen molar-refractivity contribution in [3.8, 4) is 12.3 Å². The van der Waals surface area contributed by atoms with Crippen molar-refractivity contribution in [3.05, 3.63) is 48.0 Å². The zero-order chi connectivity index (χ0) is 11.9. The Labute approximate surface area is 92.5 Å². The summed E-state index contributed by atoms with van der Waals surface area (Å²) in [5, 5.41) is 9.06. The summed E-state index contributed by atoms with van der Waals surface area (Å²) in [6.45, 7) is 8.82. The van der Waals surface area contributed by atoms with Crippen molar-refractivity contribution < 1.29 is 5.11 Å². The van der Waals surface area contributed by atoms with Crippen LogP contribution in [0, 0.1) is 19.3 Å². The highest BCUT2D eigenvalue weighted by molar-refractivity contribution is 5.22. The highest BCUT2D eigenvalue weighted by Gasteiger charge is 2.15. The average molecular weight is 202 g/mol. The summed E-state index contributed by atoms with van der Waals surface area (Å²) in [5.41, 5.74) is 0.794. The number of aryl methyl sites for hydroxylation is 1. The Kier molecular flexibility index (Phi) is 5.44. The second-order valence-corrected chi connectivity index (χ2v) is 3.65. The summed E-state index contributed by atoms with van der Waals surface area (Å²) < 4.78 is 0. The van der Waals surface area contributed by atoms with E-state index < -0.39 is 5.60 Å². The molecule has 1 rings (SSSR count). The predicted molar refractivity (Wildman–Crippen MR) is 65.4 cm³/mol. The lowest BCUT2D eigenvalue weighted by atomic mass is 10.0. The zero-order valence-corrected chi connectivity index (χ0v) is 9.62. The summed E-state index contributed by atoms with van der Waals surface area (Å²) in [6.07, 6.45) is 4.95. The molecule has 0 amide bonds. The molecule has 1 N–H and O–H groups in total. The van der Waals surface area contributed by atoms with Crippen molar-refractivity contribution in [2.75, 3.05) is 0 Å². The van der Waals surface area contributed by atoms with E-state index in [0.717, 1.165) is 0 Å². The van der Waals surface area contributed by atoms with E-state index in [0.29, 0.717) is 5.57 Å². The van der Waals surface area contributed by atoms with Crippen LogP contribution in [0.25, 0.3) is 0 Å². The van der Waals surface area contributed by atoms with E-state index in [2.05, 4.69) is 31.6 Å². The fourth-order valence-electron chi connectivity index (χ4n) is 0.658. The molecule has 0 heterocycles. The standard InChI is InChI=1S/C7H10O.C7H8/c1-5-7(4,8)6(2)3;1-7-5-3-2-4-6-7/h1,8H,2H2,3-4H3;2-6H,1H3. The Hall–Kier alpha value is -1.52. The van der Waals surface area contributed by atoms with Gasteiger partial charge in [0, 0.05) is 0 Å². The smallest absolute Gasteiger partial charge is 0.143 e. The Morgan fingerprint density at radius 2 is 1.87 bits per heavy atom. The van der Waals surface area contributed by atoms with Crippen LogP contribution in [-0.4, -0.2) is 10.7 Å². The fourth-order valence-corrected chi connectivity index (χ4v) is 0.658. The third kappa shape index (κ3) is 5.72. The molecule has 0 bridgehead atoms. The molecule has 0 aromatic heterocycles. The van der Waals surface area contributed by atoms with Crippen LogP contribution >= 0.6 is 0 Å². The van der Waals surface area contributed by atoms with Crippen molar-refractivity contribution in [3.63, 3.8) is 0 Å². The quantitative estimate of drug-likeness (QED) is 0.548. The maximum Gasteiger partial charge on any atom is 0.143 e. The van der Waals surface area contributed by atoms with Crippen LogP contribution in [0.4, 0.5) is 0 Å². The molecule has 0 aliphatic carbocycles. The van der Waals surface area contributed by atoms with Gasteiger partial charge in [0.05, 0.1) is 0 Å². The third-order valence-corrected chi connectivity index (χ3v) is 2.05. The van der Waals surface area contributed by atoms with Crippen LogP contribution in [0.5, 0.6) is 0 Å². The second kappa shape index (κ2) is 6.06. The molecule has 1 atom stereocenters. The first-order valence-electron chi connectivity index (χ1n) is 4.78. The number of hydrogen-bond acceptors (Lipinski definition) is 1. The van der Waals surface area contributed by atoms with Gasteiger partial charge in [0.15, 0.2) is 0 Å². The molecular formula is C14H18O. The number of rotatable bonds is 1. The van der Waals surface area contributed by atoms with Gasteiger partial charge in [-0.15, -0.1) is 6.42 Å². The molecule has 0 fully saturated rings. The molecule has 1 aromatic carbocycles. The fraction of sp³-hybridized carbons (Fsp3) is 0.286. The largest absolute Gasteiger partial charge is 0.374 e. The van der Waals surface area contributed by atoms with Gasteiger partial charge in [-0.3, -0.25) is 0 Å². The van der Waals surface area contributed by atoms with Crippen LogP contribution < -0.4 is 0 Å². The summed E-state index contributed by atoms with van der Waals surface area (Å²) >= 11 is 0. The minimum atomic E-state index is -1.13. The summed E-state index contributed by atoms with van der Waals surface area (Å²) in [6, 6.07) is 10.3. The van der Waals surface area contributed by atoms with Crippen molar-refractivity contribution in [1.29, 1.82) is 0 Å². The Bertz CT molecular complexity index is 341. The van der Waals surface area contributed by atoms with Gasteiger partial charge in [0.2, 0.25) is 0 Å². The van der Waals surface area contributed by atoms with Crippen molar-refractivity contribution in [1.82, 2.24) is 0 Å². The summed E-state index contributed by atoms with van der Waals surface area (Å²) in [5.74, 6) is 2.20. The second-order valence-electron chi connectivity index (χ2n) is 3.65. The summed E-state index contributed by atoms with van der Waals surface area (Å²) in [4.78, 5) is 0. The number of benzene rings is 1. The van der Waals surface area contributed by atoms with Gasteiger partial charge in [0.25, 0.3) is 0 Å². The average Bonchev–Trinajstić information content (AvgIpc) is 2.19. The molecular weight excluding hydrogens is 184 g/mol. The molecule has 0 saturated carbocycles. The lowest BCUT2D eigenvalue weighted by Gasteiger charge is -2.14. The maximum atomic E-state index is 9.06. The van der Waals surface area contributed by atoms with Gasteiger partial charge < -0.3 is 5.11 Å². The minimum Gasteiger partial charge on any atom is -0.374 e. The Balaban J connectivity index is 0.000000262. The Morgan fingerprint density at radius 3 is 2.00 bits per heavy atom. The van der Waals surface area contributed by atoms with Gasteiger partial charge >= 0.3 is 0 Å². The van der Waals surface area contributed by atoms with Gasteiger partial charge in [0.1, 0.15) is 5.60 Å². The molecule has 0 aliphatic rings. The lowest BCUT2D eigenvalue weighted by Crippen LogP contribution is -2.21. The summed E-state index contributed by atoms with van der Waals surface area (Å²) in [7, 11) is 0. The van der Waals surface area contributed by atoms with E-state index in [-0.39, 0.29) is 0 Å². The van der Waals surface area contributed by atoms with Crippen molar-refractivity contribution >= 4 is 0 Å². The first-order valence-corrected chi connectivity index (χ1v) is 4.78. The molecule has 1 unspecified atom stereocenters. The van der Waals surface area contributed by atoms with Gasteiger partial charge in [-0.1, -0.05) is 48.4 Å². The van der Waals surface area contributed by atoms with E-state index in [1.165, 1.54) is 12.5 Å². The molecule has 0 radical (unpaired) electrons. The van der Waals surface area contributed by atoms with Crippen LogP contribution in [0.15, 0.2) is 42.5 Å². The molecule has 0 aliphatic heterocycles. The van der Waals surface area contributed by atoms with Gasteiger partial charge in [-0.05, 0) is 26.3 Å². The maximum absolute atomic E-state index is 9.06. The number of aliphatic hydroxyl groups is 1. The minimum absolute atomic E-state index is 0.597. The molecule has 1 nitrogen and oxygen atoms in total. The Morgan fingerprint density at radius 1 is 1.40 bits per heavy atom. The van der Waals surface area contributed by atoms with Gasteiger partial charge in [-0.25, -0.2) is 0 Å². The van der Waals surface area contributed by atoms with E-state index in [9.17, 15) is 0 Å². The predicted octanol–water partition coefficient (Wildman–Crippen LogP) is 2.94. The van der Waals surface area contributed by atoms with E-state index >= 15 is 0 Å². The number of terminal acetylenes is 1. The van der Waals surface area contributed by atoms with E-state index in [1.807, 2.05) is 18.2 Å². The first kappa shape index (κ1) is 13.5. The molecule has 0 saturated heterocycles. The van der Waals surface area contributed by atoms with E-state index in [4.69, 9.17) is 11.5 Å². The zero-order valence-electron chi connectivity index (χ0n) is 9.62. The first-order chi connectivity index (χ1) is 6.90. The van der Waals surface area contributed by atoms with Crippen molar-refractivity contribution in [2.24, 2.45) is 0 Å². The third-order valence-electron chi connectivity index (χ3n) is 2.05. The van der Waals surface area contributed by atoms with Gasteiger partial charge in [-0.2, -0.15) is 0 Å². The highest BCUT2D eigenvalue weighted by Crippen LogP contribution is 2.10. The van der Waals surface area contributed by atoms with E-state index in [1.54, 1.807) is 6.92 Å².